The maximum atomic E-state index is 13.4. The molecule has 1 N–H and O–H groups in total. The van der Waals surface area contributed by atoms with Gasteiger partial charge in [0.25, 0.3) is 11.9 Å². The van der Waals surface area contributed by atoms with Gasteiger partial charge in [-0.15, -0.1) is 0 Å². The van der Waals surface area contributed by atoms with Crippen LogP contribution in [-0.2, 0) is 4.79 Å². The van der Waals surface area contributed by atoms with Gasteiger partial charge in [-0.1, -0.05) is 24.3 Å². The Balaban J connectivity index is 1.38. The molecule has 1 unspecified atom stereocenters. The van der Waals surface area contributed by atoms with Crippen molar-refractivity contribution >= 4 is 17.5 Å². The van der Waals surface area contributed by atoms with Gasteiger partial charge in [-0.3, -0.25) is 9.59 Å². The highest BCUT2D eigenvalue weighted by atomic mass is 19.1. The molecule has 4 rings (SSSR count). The van der Waals surface area contributed by atoms with Crippen molar-refractivity contribution in [1.82, 2.24) is 4.90 Å². The van der Waals surface area contributed by atoms with Crippen molar-refractivity contribution in [1.29, 1.82) is 0 Å². The lowest BCUT2D eigenvalue weighted by molar-refractivity contribution is -0.121. The summed E-state index contributed by atoms with van der Waals surface area (Å²) in [6.45, 7) is 0.906. The van der Waals surface area contributed by atoms with Gasteiger partial charge in [0.05, 0.1) is 13.0 Å². The maximum absolute atomic E-state index is 13.4. The number of halogens is 1. The van der Waals surface area contributed by atoms with Crippen LogP contribution in [0.15, 0.2) is 65.1 Å². The molecule has 2 heterocycles. The number of amides is 2. The number of likely N-dealkylation sites (tertiary alicyclic amines) is 1. The molecule has 1 saturated heterocycles. The molecule has 2 amide bonds. The maximum Gasteiger partial charge on any atom is 0.289 e. The van der Waals surface area contributed by atoms with Crippen LogP contribution in [0.5, 0.6) is 5.95 Å². The number of hydrogen-bond donors (Lipinski definition) is 1. The minimum absolute atomic E-state index is 0.131. The highest BCUT2D eigenvalue weighted by Gasteiger charge is 2.30. The number of ether oxygens (including phenoxy) is 1. The van der Waals surface area contributed by atoms with Crippen LogP contribution in [0.3, 0.4) is 0 Å². The average molecular weight is 422 g/mol. The van der Waals surface area contributed by atoms with E-state index in [0.717, 1.165) is 17.5 Å². The van der Waals surface area contributed by atoms with Crippen LogP contribution in [0, 0.1) is 11.7 Å². The summed E-state index contributed by atoms with van der Waals surface area (Å²) < 4.78 is 23.8. The molecule has 0 aliphatic carbocycles. The number of carbonyl (C=O) groups is 2. The third-order valence-electron chi connectivity index (χ3n) is 5.38. The Labute approximate surface area is 179 Å². The van der Waals surface area contributed by atoms with Gasteiger partial charge in [-0.05, 0) is 54.3 Å². The van der Waals surface area contributed by atoms with Crippen molar-refractivity contribution in [3.8, 4) is 17.1 Å². The van der Waals surface area contributed by atoms with Crippen molar-refractivity contribution < 1.29 is 23.1 Å². The van der Waals surface area contributed by atoms with Gasteiger partial charge in [-0.25, -0.2) is 4.39 Å². The molecule has 31 heavy (non-hydrogen) atoms. The fraction of sp³-hybridized carbons (Fsp3) is 0.250. The monoisotopic (exact) mass is 422 g/mol. The topological polar surface area (TPSA) is 71.8 Å². The molecule has 7 heteroatoms. The van der Waals surface area contributed by atoms with Crippen LogP contribution in [-0.4, -0.2) is 36.9 Å². The third kappa shape index (κ3) is 4.77. The highest BCUT2D eigenvalue weighted by Crippen LogP contribution is 2.25. The first-order valence-electron chi connectivity index (χ1n) is 10.1. The van der Waals surface area contributed by atoms with Crippen molar-refractivity contribution in [3.05, 3.63) is 72.2 Å². The van der Waals surface area contributed by atoms with Crippen molar-refractivity contribution in [3.63, 3.8) is 0 Å². The molecule has 1 atom stereocenters. The summed E-state index contributed by atoms with van der Waals surface area (Å²) in [7, 11) is 1.47. The van der Waals surface area contributed by atoms with E-state index in [4.69, 9.17) is 9.15 Å². The van der Waals surface area contributed by atoms with Crippen LogP contribution >= 0.6 is 0 Å². The molecule has 0 radical (unpaired) electrons. The van der Waals surface area contributed by atoms with Gasteiger partial charge in [-0.2, -0.15) is 0 Å². The molecule has 1 fully saturated rings. The number of anilines is 1. The molecule has 6 nitrogen and oxygen atoms in total. The Morgan fingerprint density at radius 1 is 1.10 bits per heavy atom. The number of benzene rings is 2. The van der Waals surface area contributed by atoms with Crippen LogP contribution in [0.25, 0.3) is 11.1 Å². The van der Waals surface area contributed by atoms with E-state index in [1.54, 1.807) is 35.2 Å². The van der Waals surface area contributed by atoms with Crippen LogP contribution in [0.2, 0.25) is 0 Å². The fourth-order valence-corrected chi connectivity index (χ4v) is 3.73. The summed E-state index contributed by atoms with van der Waals surface area (Å²) in [5.74, 6) is -0.507. The Morgan fingerprint density at radius 3 is 2.61 bits per heavy atom. The lowest BCUT2D eigenvalue weighted by Crippen LogP contribution is -2.43. The lowest BCUT2D eigenvalue weighted by atomic mass is 9.96. The van der Waals surface area contributed by atoms with E-state index in [1.165, 1.54) is 19.2 Å². The molecule has 3 aromatic rings. The predicted octanol–water partition coefficient (Wildman–Crippen LogP) is 4.59. The van der Waals surface area contributed by atoms with E-state index in [9.17, 15) is 14.0 Å². The second-order valence-corrected chi connectivity index (χ2v) is 7.49. The van der Waals surface area contributed by atoms with Crippen LogP contribution in [0.1, 0.15) is 23.4 Å². The van der Waals surface area contributed by atoms with Gasteiger partial charge in [0.2, 0.25) is 5.91 Å². The molecule has 1 aromatic heterocycles. The van der Waals surface area contributed by atoms with Gasteiger partial charge in [0, 0.05) is 24.8 Å². The largest absolute Gasteiger partial charge is 0.468 e. The van der Waals surface area contributed by atoms with E-state index in [2.05, 4.69) is 5.32 Å². The molecular weight excluding hydrogens is 399 g/mol. The summed E-state index contributed by atoms with van der Waals surface area (Å²) in [5.41, 5.74) is 2.29. The van der Waals surface area contributed by atoms with Crippen LogP contribution < -0.4 is 10.1 Å². The molecule has 0 spiro atoms. The number of methoxy groups -OCH3 is 1. The standard InChI is InChI=1S/C24H23FN2O4/c1-30-22-12-11-21(31-22)24(29)27-13-3-5-18(15-27)23(28)26-20-9-7-16(8-10-20)17-4-2-6-19(25)14-17/h2,4,6-12,14,18H,3,5,13,15H2,1H3,(H,26,28). The van der Waals surface area contributed by atoms with E-state index < -0.39 is 0 Å². The summed E-state index contributed by atoms with van der Waals surface area (Å²) in [4.78, 5) is 27.1. The highest BCUT2D eigenvalue weighted by molar-refractivity contribution is 5.95. The number of nitrogens with one attached hydrogen (secondary N) is 1. The van der Waals surface area contributed by atoms with E-state index in [-0.39, 0.29) is 35.3 Å². The van der Waals surface area contributed by atoms with Gasteiger partial charge in [0.1, 0.15) is 5.82 Å². The summed E-state index contributed by atoms with van der Waals surface area (Å²) in [5, 5.41) is 2.92. The Kier molecular flexibility index (Phi) is 6.02. The smallest absolute Gasteiger partial charge is 0.289 e. The number of nitrogens with zero attached hydrogens (tertiary/aromatic N) is 1. The predicted molar refractivity (Wildman–Crippen MR) is 114 cm³/mol. The van der Waals surface area contributed by atoms with E-state index >= 15 is 0 Å². The zero-order valence-electron chi connectivity index (χ0n) is 17.1. The molecule has 0 saturated carbocycles. The third-order valence-corrected chi connectivity index (χ3v) is 5.38. The minimum atomic E-state index is -0.308. The normalized spacial score (nSPS) is 16.1. The van der Waals surface area contributed by atoms with Gasteiger partial charge >= 0.3 is 0 Å². The van der Waals surface area contributed by atoms with E-state index in [1.807, 2.05) is 18.2 Å². The lowest BCUT2D eigenvalue weighted by Gasteiger charge is -2.31. The fourth-order valence-electron chi connectivity index (χ4n) is 3.73. The van der Waals surface area contributed by atoms with Crippen molar-refractivity contribution in [2.45, 2.75) is 12.8 Å². The Hall–Kier alpha value is -3.61. The number of furan rings is 1. The molecule has 2 aromatic carbocycles. The van der Waals surface area contributed by atoms with Gasteiger partial charge in [0.15, 0.2) is 5.76 Å². The molecular formula is C24H23FN2O4. The second-order valence-electron chi connectivity index (χ2n) is 7.49. The molecule has 0 bridgehead atoms. The van der Waals surface area contributed by atoms with Gasteiger partial charge < -0.3 is 19.4 Å². The Morgan fingerprint density at radius 2 is 1.90 bits per heavy atom. The van der Waals surface area contributed by atoms with E-state index in [0.29, 0.717) is 25.2 Å². The minimum Gasteiger partial charge on any atom is -0.468 e. The first-order chi connectivity index (χ1) is 15.0. The zero-order valence-corrected chi connectivity index (χ0v) is 17.1. The molecule has 160 valence electrons. The number of carbonyl (C=O) groups excluding carboxylic acids is 2. The zero-order chi connectivity index (χ0) is 21.8. The van der Waals surface area contributed by atoms with Crippen molar-refractivity contribution in [2.24, 2.45) is 5.92 Å². The number of hydrogen-bond acceptors (Lipinski definition) is 4. The summed E-state index contributed by atoms with van der Waals surface area (Å²) in [6, 6.07) is 16.8. The quantitative estimate of drug-likeness (QED) is 0.653. The summed E-state index contributed by atoms with van der Waals surface area (Å²) >= 11 is 0. The van der Waals surface area contributed by atoms with Crippen LogP contribution in [0.4, 0.5) is 10.1 Å². The average Bonchev–Trinajstić information content (AvgIpc) is 3.28. The number of rotatable bonds is 5. The SMILES string of the molecule is COc1ccc(C(=O)N2CCCC(C(=O)Nc3ccc(-c4cccc(F)c4)cc3)C2)o1. The molecule has 1 aliphatic rings. The first kappa shape index (κ1) is 20.7. The molecule has 1 aliphatic heterocycles. The second kappa shape index (κ2) is 9.04. The first-order valence-corrected chi connectivity index (χ1v) is 10.1. The number of piperidine rings is 1. The summed E-state index contributed by atoms with van der Waals surface area (Å²) in [6.07, 6.45) is 1.44. The van der Waals surface area contributed by atoms with Crippen molar-refractivity contribution in [2.75, 3.05) is 25.5 Å². The Bertz CT molecular complexity index is 1080.